The number of piperidine rings is 1. The average Bonchev–Trinajstić information content (AvgIpc) is 2.47. The first-order valence-electron chi connectivity index (χ1n) is 7.22. The van der Waals surface area contributed by atoms with Gasteiger partial charge in [-0.25, -0.2) is 12.7 Å². The molecule has 6 heteroatoms. The Bertz CT molecular complexity index is 496. The number of aromatic nitrogens is 1. The van der Waals surface area contributed by atoms with Crippen molar-refractivity contribution in [3.8, 4) is 0 Å². The highest BCUT2D eigenvalue weighted by Gasteiger charge is 2.27. The van der Waals surface area contributed by atoms with Crippen molar-refractivity contribution >= 4 is 10.0 Å². The van der Waals surface area contributed by atoms with Crippen LogP contribution >= 0.6 is 0 Å². The third kappa shape index (κ3) is 4.26. The minimum absolute atomic E-state index is 0.183. The Hall–Kier alpha value is -0.980. The number of nitrogens with one attached hydrogen (secondary N) is 1. The van der Waals surface area contributed by atoms with Crippen LogP contribution in [0.4, 0.5) is 0 Å². The van der Waals surface area contributed by atoms with Gasteiger partial charge in [-0.2, -0.15) is 0 Å². The molecule has 2 heterocycles. The largest absolute Gasteiger partial charge is 0.314 e. The minimum Gasteiger partial charge on any atom is -0.314 e. The highest BCUT2D eigenvalue weighted by Crippen LogP contribution is 2.15. The van der Waals surface area contributed by atoms with Gasteiger partial charge in [0.15, 0.2) is 0 Å². The van der Waals surface area contributed by atoms with Gasteiger partial charge in [0, 0.05) is 31.5 Å². The molecule has 0 bridgehead atoms. The second kappa shape index (κ2) is 7.15. The molecule has 0 unspecified atom stereocenters. The fourth-order valence-electron chi connectivity index (χ4n) is 2.55. The van der Waals surface area contributed by atoms with E-state index in [4.69, 9.17) is 0 Å². The zero-order valence-corrected chi connectivity index (χ0v) is 12.8. The van der Waals surface area contributed by atoms with E-state index in [1.807, 2.05) is 12.1 Å². The summed E-state index contributed by atoms with van der Waals surface area (Å²) in [6.07, 6.45) is 5.76. The van der Waals surface area contributed by atoms with Crippen LogP contribution in [-0.4, -0.2) is 49.1 Å². The van der Waals surface area contributed by atoms with Crippen LogP contribution in [0.25, 0.3) is 0 Å². The molecule has 1 aromatic heterocycles. The van der Waals surface area contributed by atoms with E-state index < -0.39 is 10.0 Å². The lowest BCUT2D eigenvalue weighted by Crippen LogP contribution is -2.45. The number of nitrogens with zero attached hydrogens (tertiary/aromatic N) is 2. The molecule has 1 aliphatic rings. The quantitative estimate of drug-likeness (QED) is 0.852. The molecule has 1 N–H and O–H groups in total. The number of hydrogen-bond acceptors (Lipinski definition) is 4. The molecule has 0 saturated carbocycles. The van der Waals surface area contributed by atoms with Crippen LogP contribution in [-0.2, 0) is 16.4 Å². The fourth-order valence-corrected chi connectivity index (χ4v) is 4.07. The normalized spacial score (nSPS) is 18.2. The maximum absolute atomic E-state index is 12.3. The molecule has 0 aromatic carbocycles. The molecule has 20 heavy (non-hydrogen) atoms. The zero-order valence-electron chi connectivity index (χ0n) is 12.0. The van der Waals surface area contributed by atoms with Crippen molar-refractivity contribution in [3.05, 3.63) is 30.1 Å². The lowest BCUT2D eigenvalue weighted by molar-refractivity contribution is 0.292. The Morgan fingerprint density at radius 1 is 1.30 bits per heavy atom. The van der Waals surface area contributed by atoms with E-state index in [0.717, 1.165) is 24.9 Å². The third-order valence-electron chi connectivity index (χ3n) is 3.74. The molecule has 2 rings (SSSR count). The third-order valence-corrected chi connectivity index (χ3v) is 5.61. The topological polar surface area (TPSA) is 62.3 Å². The summed E-state index contributed by atoms with van der Waals surface area (Å²) < 4.78 is 26.3. The monoisotopic (exact) mass is 297 g/mol. The summed E-state index contributed by atoms with van der Waals surface area (Å²) in [5.41, 5.74) is 1.02. The Kier molecular flexibility index (Phi) is 5.51. The van der Waals surface area contributed by atoms with Crippen molar-refractivity contribution in [2.45, 2.75) is 32.2 Å². The SMILES string of the molecule is CCNC1CCN(S(=O)(=O)CCc2ccncc2)CC1. The van der Waals surface area contributed by atoms with E-state index >= 15 is 0 Å². The first-order chi connectivity index (χ1) is 9.62. The average molecular weight is 297 g/mol. The highest BCUT2D eigenvalue weighted by molar-refractivity contribution is 7.89. The smallest absolute Gasteiger partial charge is 0.214 e. The summed E-state index contributed by atoms with van der Waals surface area (Å²) in [6.45, 7) is 4.30. The van der Waals surface area contributed by atoms with Gasteiger partial charge >= 0.3 is 0 Å². The van der Waals surface area contributed by atoms with E-state index in [1.165, 1.54) is 0 Å². The first kappa shape index (κ1) is 15.4. The molecule has 1 aliphatic heterocycles. The van der Waals surface area contributed by atoms with Crippen LogP contribution in [0.5, 0.6) is 0 Å². The Morgan fingerprint density at radius 2 is 1.95 bits per heavy atom. The van der Waals surface area contributed by atoms with Crippen molar-refractivity contribution in [3.63, 3.8) is 0 Å². The lowest BCUT2D eigenvalue weighted by Gasteiger charge is -2.31. The van der Waals surface area contributed by atoms with E-state index in [2.05, 4.69) is 17.2 Å². The van der Waals surface area contributed by atoms with Crippen molar-refractivity contribution < 1.29 is 8.42 Å². The molecule has 5 nitrogen and oxygen atoms in total. The minimum atomic E-state index is -3.13. The van der Waals surface area contributed by atoms with Crippen LogP contribution in [0.3, 0.4) is 0 Å². The number of pyridine rings is 1. The molecule has 1 aromatic rings. The van der Waals surface area contributed by atoms with Crippen LogP contribution in [0, 0.1) is 0 Å². The maximum Gasteiger partial charge on any atom is 0.214 e. The summed E-state index contributed by atoms with van der Waals surface area (Å²) in [6, 6.07) is 4.20. The van der Waals surface area contributed by atoms with E-state index in [1.54, 1.807) is 16.7 Å². The number of aryl methyl sites for hydroxylation is 1. The van der Waals surface area contributed by atoms with E-state index in [-0.39, 0.29) is 5.75 Å². The zero-order chi connectivity index (χ0) is 14.4. The second-order valence-electron chi connectivity index (χ2n) is 5.15. The lowest BCUT2D eigenvalue weighted by atomic mass is 10.1. The van der Waals surface area contributed by atoms with Crippen molar-refractivity contribution in [1.82, 2.24) is 14.6 Å². The standard InChI is InChI=1S/C14H23N3O2S/c1-2-16-14-5-10-17(11-6-14)20(18,19)12-7-13-3-8-15-9-4-13/h3-4,8-9,14,16H,2,5-7,10-12H2,1H3. The van der Waals surface area contributed by atoms with Crippen LogP contribution in [0.1, 0.15) is 25.3 Å². The van der Waals surface area contributed by atoms with Crippen LogP contribution < -0.4 is 5.32 Å². The van der Waals surface area contributed by atoms with E-state index in [9.17, 15) is 8.42 Å². The molecular weight excluding hydrogens is 274 g/mol. The van der Waals surface area contributed by atoms with Gasteiger partial charge in [0.1, 0.15) is 0 Å². The molecule has 0 amide bonds. The second-order valence-corrected chi connectivity index (χ2v) is 7.24. The van der Waals surface area contributed by atoms with Crippen LogP contribution in [0.15, 0.2) is 24.5 Å². The molecule has 1 fully saturated rings. The molecule has 0 radical (unpaired) electrons. The van der Waals surface area contributed by atoms with Crippen molar-refractivity contribution in [1.29, 1.82) is 0 Å². The van der Waals surface area contributed by atoms with Crippen molar-refractivity contribution in [2.75, 3.05) is 25.4 Å². The Morgan fingerprint density at radius 3 is 2.55 bits per heavy atom. The van der Waals surface area contributed by atoms with Gasteiger partial charge in [-0.1, -0.05) is 6.92 Å². The predicted molar refractivity (Wildman–Crippen MR) is 80.0 cm³/mol. The van der Waals surface area contributed by atoms with Crippen LogP contribution in [0.2, 0.25) is 0 Å². The molecular formula is C14H23N3O2S. The van der Waals surface area contributed by atoms with Gasteiger partial charge < -0.3 is 5.32 Å². The van der Waals surface area contributed by atoms with Gasteiger partial charge in [0.2, 0.25) is 10.0 Å². The highest BCUT2D eigenvalue weighted by atomic mass is 32.2. The van der Waals surface area contributed by atoms with Gasteiger partial charge in [-0.15, -0.1) is 0 Å². The molecule has 0 aliphatic carbocycles. The molecule has 0 spiro atoms. The van der Waals surface area contributed by atoms with Crippen molar-refractivity contribution in [2.24, 2.45) is 0 Å². The summed E-state index contributed by atoms with van der Waals surface area (Å²) in [4.78, 5) is 3.94. The van der Waals surface area contributed by atoms with E-state index in [0.29, 0.717) is 25.6 Å². The number of rotatable bonds is 6. The number of hydrogen-bond donors (Lipinski definition) is 1. The molecule has 0 atom stereocenters. The Labute approximate surface area is 121 Å². The summed E-state index contributed by atoms with van der Waals surface area (Å²) in [7, 11) is -3.13. The first-order valence-corrected chi connectivity index (χ1v) is 8.83. The molecule has 1 saturated heterocycles. The maximum atomic E-state index is 12.3. The molecule has 112 valence electrons. The predicted octanol–water partition coefficient (Wildman–Crippen LogP) is 1.03. The fraction of sp³-hybridized carbons (Fsp3) is 0.643. The van der Waals surface area contributed by atoms with Gasteiger partial charge in [-0.05, 0) is 43.5 Å². The van der Waals surface area contributed by atoms with Gasteiger partial charge in [-0.3, -0.25) is 4.98 Å². The summed E-state index contributed by atoms with van der Waals surface area (Å²) >= 11 is 0. The van der Waals surface area contributed by atoms with Gasteiger partial charge in [0.05, 0.1) is 5.75 Å². The number of sulfonamides is 1. The van der Waals surface area contributed by atoms with Gasteiger partial charge in [0.25, 0.3) is 0 Å². The summed E-state index contributed by atoms with van der Waals surface area (Å²) in [5, 5.41) is 3.39. The summed E-state index contributed by atoms with van der Waals surface area (Å²) in [5.74, 6) is 0.183. The Balaban J connectivity index is 1.85.